The predicted octanol–water partition coefficient (Wildman–Crippen LogP) is 6.36. The molecule has 8 nitrogen and oxygen atoms in total. The zero-order valence-corrected chi connectivity index (χ0v) is 25.9. The van der Waals surface area contributed by atoms with E-state index in [-0.39, 0.29) is 23.3 Å². The molecule has 0 bridgehead atoms. The molecule has 46 heavy (non-hydrogen) atoms. The van der Waals surface area contributed by atoms with Crippen LogP contribution in [0.15, 0.2) is 71.6 Å². The van der Waals surface area contributed by atoms with Crippen LogP contribution in [0.25, 0.3) is 0 Å². The summed E-state index contributed by atoms with van der Waals surface area (Å²) in [5.74, 6) is -5.99. The Morgan fingerprint density at radius 2 is 1.70 bits per heavy atom. The Bertz CT molecular complexity index is 1690. The second-order valence-corrected chi connectivity index (χ2v) is 13.8. The SMILES string of the molecule is CN(c1ccc([C@H]2CCC[C@@H](C(=O)Nc3ccc(C(F)(F)F)cc3F)[C@@H]2C(=O)O)cc1)S(=O)(=O)c1cccc([C@H]2CCCNC2)c1. The van der Waals surface area contributed by atoms with E-state index in [0.29, 0.717) is 30.2 Å². The summed E-state index contributed by atoms with van der Waals surface area (Å²) in [7, 11) is -2.46. The van der Waals surface area contributed by atoms with Crippen molar-refractivity contribution in [3.63, 3.8) is 0 Å². The molecule has 246 valence electrons. The topological polar surface area (TPSA) is 116 Å². The molecule has 4 atom stereocenters. The molecule has 1 aliphatic heterocycles. The maximum absolute atomic E-state index is 14.4. The van der Waals surface area contributed by atoms with Gasteiger partial charge in [0, 0.05) is 13.6 Å². The minimum atomic E-state index is -4.76. The molecule has 2 aliphatic rings. The molecule has 0 unspecified atom stereocenters. The summed E-state index contributed by atoms with van der Waals surface area (Å²) < 4.78 is 81.5. The number of nitrogens with one attached hydrogen (secondary N) is 2. The molecule has 2 fully saturated rings. The fourth-order valence-electron chi connectivity index (χ4n) is 6.52. The first-order chi connectivity index (χ1) is 21.8. The summed E-state index contributed by atoms with van der Waals surface area (Å²) in [5.41, 5.74) is 0.222. The van der Waals surface area contributed by atoms with Crippen LogP contribution in [0.2, 0.25) is 0 Å². The number of halogens is 4. The third-order valence-electron chi connectivity index (χ3n) is 9.04. The van der Waals surface area contributed by atoms with Gasteiger partial charge in [-0.1, -0.05) is 30.7 Å². The number of alkyl halides is 3. The van der Waals surface area contributed by atoms with Gasteiger partial charge < -0.3 is 15.7 Å². The van der Waals surface area contributed by atoms with E-state index in [1.165, 1.54) is 11.4 Å². The highest BCUT2D eigenvalue weighted by atomic mass is 32.2. The quantitative estimate of drug-likeness (QED) is 0.242. The Morgan fingerprint density at radius 3 is 2.33 bits per heavy atom. The Balaban J connectivity index is 1.33. The van der Waals surface area contributed by atoms with Gasteiger partial charge in [-0.25, -0.2) is 12.8 Å². The largest absolute Gasteiger partial charge is 0.481 e. The van der Waals surface area contributed by atoms with E-state index in [1.807, 2.05) is 6.07 Å². The Hall–Kier alpha value is -3.97. The molecule has 13 heteroatoms. The number of carboxylic acids is 1. The standard InChI is InChI=1S/C33H35F4N3O5S/c1-40(46(44,45)25-7-2-5-21(17-25)22-6-4-16-38-19-22)24-13-10-20(11-14-24)26-8-3-9-27(30(26)32(42)43)31(41)39-29-15-12-23(18-28(29)34)33(35,36)37/h2,5,7,10-15,17-18,22,26-27,30,38H,3-4,6,8-9,16,19H2,1H3,(H,39,41)(H,42,43)/t22-,26+,27+,30+/m0/s1. The lowest BCUT2D eigenvalue weighted by molar-refractivity contribution is -0.148. The number of aliphatic carboxylic acids is 1. The van der Waals surface area contributed by atoms with E-state index in [9.17, 15) is 40.7 Å². The van der Waals surface area contributed by atoms with E-state index >= 15 is 0 Å². The number of hydrogen-bond acceptors (Lipinski definition) is 5. The van der Waals surface area contributed by atoms with Crippen molar-refractivity contribution in [2.24, 2.45) is 11.8 Å². The normalized spacial score (nSPS) is 22.2. The van der Waals surface area contributed by atoms with Gasteiger partial charge >= 0.3 is 12.1 Å². The molecule has 1 aliphatic carbocycles. The van der Waals surface area contributed by atoms with Gasteiger partial charge in [0.1, 0.15) is 5.82 Å². The first-order valence-electron chi connectivity index (χ1n) is 15.1. The molecule has 3 aromatic rings. The van der Waals surface area contributed by atoms with Crippen molar-refractivity contribution >= 4 is 33.3 Å². The van der Waals surface area contributed by atoms with Crippen LogP contribution in [0, 0.1) is 17.7 Å². The van der Waals surface area contributed by atoms with E-state index in [0.717, 1.165) is 37.6 Å². The van der Waals surface area contributed by atoms with Crippen LogP contribution in [0.4, 0.5) is 28.9 Å². The number of anilines is 2. The molecule has 3 aromatic carbocycles. The number of piperidine rings is 1. The molecule has 3 N–H and O–H groups in total. The molecule has 0 radical (unpaired) electrons. The molecular formula is C33H35F4N3O5S. The first kappa shape index (κ1) is 33.4. The van der Waals surface area contributed by atoms with Crippen molar-refractivity contribution in [2.75, 3.05) is 29.8 Å². The zero-order valence-electron chi connectivity index (χ0n) is 25.1. The van der Waals surface area contributed by atoms with Crippen LogP contribution in [-0.4, -0.2) is 45.5 Å². The predicted molar refractivity (Wildman–Crippen MR) is 165 cm³/mol. The number of sulfonamides is 1. The zero-order chi connectivity index (χ0) is 33.2. The van der Waals surface area contributed by atoms with Crippen LogP contribution in [0.5, 0.6) is 0 Å². The average Bonchev–Trinajstić information content (AvgIpc) is 3.05. The number of carbonyl (C=O) groups excluding carboxylic acids is 1. The molecule has 0 aromatic heterocycles. The number of carboxylic acid groups (broad SMARTS) is 1. The van der Waals surface area contributed by atoms with Crippen molar-refractivity contribution in [3.8, 4) is 0 Å². The summed E-state index contributed by atoms with van der Waals surface area (Å²) in [6.07, 6.45) is -1.67. The minimum absolute atomic E-state index is 0.165. The van der Waals surface area contributed by atoms with Crippen molar-refractivity contribution in [1.82, 2.24) is 5.32 Å². The van der Waals surface area contributed by atoms with Crippen molar-refractivity contribution in [2.45, 2.75) is 55.0 Å². The third kappa shape index (κ3) is 7.05. The lowest BCUT2D eigenvalue weighted by Crippen LogP contribution is -2.40. The number of rotatable bonds is 8. The monoisotopic (exact) mass is 661 g/mol. The number of benzene rings is 3. The highest BCUT2D eigenvalue weighted by Gasteiger charge is 2.43. The summed E-state index contributed by atoms with van der Waals surface area (Å²) >= 11 is 0. The van der Waals surface area contributed by atoms with Crippen LogP contribution >= 0.6 is 0 Å². The fourth-order valence-corrected chi connectivity index (χ4v) is 7.77. The van der Waals surface area contributed by atoms with Gasteiger partial charge in [0.2, 0.25) is 5.91 Å². The van der Waals surface area contributed by atoms with Crippen LogP contribution in [-0.2, 0) is 25.8 Å². The third-order valence-corrected chi connectivity index (χ3v) is 10.8. The van der Waals surface area contributed by atoms with Gasteiger partial charge in [-0.2, -0.15) is 13.2 Å². The van der Waals surface area contributed by atoms with Gasteiger partial charge in [-0.05, 0) is 97.7 Å². The van der Waals surface area contributed by atoms with Gasteiger partial charge in [-0.15, -0.1) is 0 Å². The van der Waals surface area contributed by atoms with Gasteiger partial charge in [-0.3, -0.25) is 13.9 Å². The Morgan fingerprint density at radius 1 is 0.957 bits per heavy atom. The lowest BCUT2D eigenvalue weighted by Gasteiger charge is -2.35. The van der Waals surface area contributed by atoms with Crippen molar-refractivity contribution < 1.29 is 40.7 Å². The maximum atomic E-state index is 14.4. The van der Waals surface area contributed by atoms with Gasteiger partial charge in [0.05, 0.1) is 33.7 Å². The summed E-state index contributed by atoms with van der Waals surface area (Å²) in [4.78, 5) is 25.8. The molecule has 1 saturated carbocycles. The maximum Gasteiger partial charge on any atom is 0.416 e. The molecule has 5 rings (SSSR count). The fraction of sp³-hybridized carbons (Fsp3) is 0.394. The summed E-state index contributed by atoms with van der Waals surface area (Å²) in [6.45, 7) is 1.73. The second kappa shape index (κ2) is 13.4. The van der Waals surface area contributed by atoms with Crippen LogP contribution in [0.1, 0.15) is 60.6 Å². The molecule has 1 heterocycles. The Kier molecular flexibility index (Phi) is 9.73. The van der Waals surface area contributed by atoms with Crippen molar-refractivity contribution in [1.29, 1.82) is 0 Å². The van der Waals surface area contributed by atoms with E-state index in [4.69, 9.17) is 0 Å². The molecule has 1 amide bonds. The summed E-state index contributed by atoms with van der Waals surface area (Å²) in [5, 5.41) is 15.8. The van der Waals surface area contributed by atoms with Crippen LogP contribution in [0.3, 0.4) is 0 Å². The number of nitrogens with zero attached hydrogens (tertiary/aromatic N) is 1. The van der Waals surface area contributed by atoms with E-state index < -0.39 is 62.9 Å². The summed E-state index contributed by atoms with van der Waals surface area (Å²) in [6, 6.07) is 15.1. The smallest absolute Gasteiger partial charge is 0.416 e. The molecule has 0 spiro atoms. The Labute approximate surface area is 264 Å². The number of carbonyl (C=O) groups is 2. The molecular weight excluding hydrogens is 626 g/mol. The highest BCUT2D eigenvalue weighted by Crippen LogP contribution is 2.43. The molecule has 1 saturated heterocycles. The van der Waals surface area contributed by atoms with Crippen LogP contribution < -0.4 is 14.9 Å². The number of amides is 1. The second-order valence-electron chi connectivity index (χ2n) is 11.9. The first-order valence-corrected chi connectivity index (χ1v) is 16.5. The highest BCUT2D eigenvalue weighted by molar-refractivity contribution is 7.92. The van der Waals surface area contributed by atoms with E-state index in [2.05, 4.69) is 10.6 Å². The lowest BCUT2D eigenvalue weighted by atomic mass is 9.69. The van der Waals surface area contributed by atoms with Gasteiger partial charge in [0.25, 0.3) is 10.0 Å². The minimum Gasteiger partial charge on any atom is -0.481 e. The van der Waals surface area contributed by atoms with E-state index in [1.54, 1.807) is 42.5 Å². The van der Waals surface area contributed by atoms with Crippen molar-refractivity contribution in [3.05, 3.63) is 89.2 Å². The van der Waals surface area contributed by atoms with Gasteiger partial charge in [0.15, 0.2) is 0 Å². The number of hydrogen-bond donors (Lipinski definition) is 3. The average molecular weight is 662 g/mol.